The molecule has 1 aromatic heterocycles. The van der Waals surface area contributed by atoms with Gasteiger partial charge in [-0.2, -0.15) is 10.1 Å². The van der Waals surface area contributed by atoms with Gasteiger partial charge in [-0.05, 0) is 48.4 Å². The number of fused-ring (bicyclic) bond motifs is 1. The summed E-state index contributed by atoms with van der Waals surface area (Å²) < 4.78 is 29.0. The van der Waals surface area contributed by atoms with Crippen LogP contribution in [0.15, 0.2) is 48.5 Å². The quantitative estimate of drug-likeness (QED) is 0.560. The molecular weight excluding hydrogens is 356 g/mol. The van der Waals surface area contributed by atoms with Gasteiger partial charge in [0.1, 0.15) is 23.5 Å². The summed E-state index contributed by atoms with van der Waals surface area (Å²) in [4.78, 5) is 14.7. The van der Waals surface area contributed by atoms with Crippen LogP contribution in [0.5, 0.6) is 0 Å². The van der Waals surface area contributed by atoms with Crippen LogP contribution in [0.2, 0.25) is 0 Å². The number of nitro groups is 1. The summed E-state index contributed by atoms with van der Waals surface area (Å²) in [5.41, 5.74) is 1.63. The van der Waals surface area contributed by atoms with Crippen LogP contribution in [0.1, 0.15) is 23.0 Å². The Morgan fingerprint density at radius 2 is 1.81 bits per heavy atom. The number of nitrogens with one attached hydrogen (secondary N) is 1. The lowest BCUT2D eigenvalue weighted by molar-refractivity contribution is -0.384. The van der Waals surface area contributed by atoms with Gasteiger partial charge in [0.15, 0.2) is 0 Å². The maximum Gasteiger partial charge on any atom is 0.269 e. The molecule has 1 atom stereocenters. The Balaban J connectivity index is 1.81. The van der Waals surface area contributed by atoms with Gasteiger partial charge in [0.05, 0.1) is 4.92 Å². The molecule has 0 bridgehead atoms. The number of aryl methyl sites for hydroxylation is 1. The molecule has 0 saturated carbocycles. The molecule has 0 aliphatic carbocycles. The number of aromatic nitrogens is 3. The predicted octanol–water partition coefficient (Wildman–Crippen LogP) is 3.83. The van der Waals surface area contributed by atoms with Gasteiger partial charge in [-0.3, -0.25) is 10.1 Å². The van der Waals surface area contributed by atoms with E-state index in [9.17, 15) is 18.9 Å². The van der Waals surface area contributed by atoms with Crippen LogP contribution in [-0.4, -0.2) is 19.7 Å². The zero-order chi connectivity index (χ0) is 19.1. The monoisotopic (exact) mass is 369 g/mol. The van der Waals surface area contributed by atoms with E-state index in [-0.39, 0.29) is 5.69 Å². The Hall–Kier alpha value is -3.62. The van der Waals surface area contributed by atoms with Gasteiger partial charge in [0, 0.05) is 23.9 Å². The van der Waals surface area contributed by atoms with Crippen LogP contribution in [0.3, 0.4) is 0 Å². The summed E-state index contributed by atoms with van der Waals surface area (Å²) in [6.45, 7) is 1.71. The van der Waals surface area contributed by atoms with Crippen LogP contribution in [0.4, 0.5) is 20.4 Å². The van der Waals surface area contributed by atoms with Crippen LogP contribution in [-0.2, 0) is 0 Å². The second-order valence-corrected chi connectivity index (χ2v) is 6.08. The molecule has 0 amide bonds. The molecule has 136 valence electrons. The highest BCUT2D eigenvalue weighted by molar-refractivity contribution is 5.77. The summed E-state index contributed by atoms with van der Waals surface area (Å²) in [5, 5.41) is 18.2. The summed E-state index contributed by atoms with van der Waals surface area (Å²) in [6.07, 6.45) is 1.75. The van der Waals surface area contributed by atoms with Gasteiger partial charge in [0.2, 0.25) is 5.95 Å². The third-order valence-corrected chi connectivity index (χ3v) is 4.19. The molecular formula is C18H13F2N5O2. The van der Waals surface area contributed by atoms with Crippen molar-refractivity contribution < 1.29 is 13.7 Å². The number of non-ortho nitro benzene ring substituents is 1. The Morgan fingerprint density at radius 1 is 1.15 bits per heavy atom. The molecule has 4 rings (SSSR count). The van der Waals surface area contributed by atoms with Crippen molar-refractivity contribution in [1.29, 1.82) is 0 Å². The maximum atomic E-state index is 13.7. The number of nitrogens with zero attached hydrogens (tertiary/aromatic N) is 4. The van der Waals surface area contributed by atoms with Crippen molar-refractivity contribution in [3.63, 3.8) is 0 Å². The fourth-order valence-electron chi connectivity index (χ4n) is 3.01. The number of hydrogen-bond acceptors (Lipinski definition) is 5. The number of allylic oxidation sites excluding steroid dienone is 1. The van der Waals surface area contributed by atoms with Crippen molar-refractivity contribution in [3.05, 3.63) is 87.2 Å². The lowest BCUT2D eigenvalue weighted by atomic mass is 10.0. The smallest absolute Gasteiger partial charge is 0.269 e. The van der Waals surface area contributed by atoms with Crippen LogP contribution in [0.25, 0.3) is 5.70 Å². The summed E-state index contributed by atoms with van der Waals surface area (Å²) >= 11 is 0. The van der Waals surface area contributed by atoms with Crippen molar-refractivity contribution in [2.24, 2.45) is 0 Å². The zero-order valence-corrected chi connectivity index (χ0v) is 14.1. The Labute approximate surface area is 152 Å². The Kier molecular flexibility index (Phi) is 3.91. The molecule has 1 N–H and O–H groups in total. The van der Waals surface area contributed by atoms with Crippen LogP contribution >= 0.6 is 0 Å². The van der Waals surface area contributed by atoms with Gasteiger partial charge >= 0.3 is 0 Å². The largest absolute Gasteiger partial charge is 0.324 e. The topological polar surface area (TPSA) is 85.9 Å². The van der Waals surface area contributed by atoms with E-state index in [0.29, 0.717) is 28.6 Å². The molecule has 0 spiro atoms. The minimum absolute atomic E-state index is 0.0297. The fourth-order valence-corrected chi connectivity index (χ4v) is 3.01. The van der Waals surface area contributed by atoms with E-state index in [1.807, 2.05) is 0 Å². The van der Waals surface area contributed by atoms with Crippen molar-refractivity contribution in [3.8, 4) is 0 Å². The van der Waals surface area contributed by atoms with E-state index >= 15 is 0 Å². The standard InChI is InChI=1S/C18H13F2N5O2/c1-10-21-18-22-16(11-2-4-15(5-3-11)25(26)27)9-17(24(18)23-10)12-6-13(19)8-14(20)7-12/h2-9,17H,1H3,(H,21,22,23)/t17-/m0/s1. The number of hydrogen-bond donors (Lipinski definition) is 1. The minimum Gasteiger partial charge on any atom is -0.324 e. The molecule has 3 aromatic rings. The van der Waals surface area contributed by atoms with E-state index in [1.54, 1.807) is 29.8 Å². The van der Waals surface area contributed by atoms with Gasteiger partial charge in [-0.1, -0.05) is 0 Å². The van der Waals surface area contributed by atoms with Crippen molar-refractivity contribution in [2.45, 2.75) is 13.0 Å². The number of anilines is 1. The van der Waals surface area contributed by atoms with E-state index in [1.165, 1.54) is 24.3 Å². The predicted molar refractivity (Wildman–Crippen MR) is 94.0 cm³/mol. The molecule has 0 unspecified atom stereocenters. The molecule has 7 nitrogen and oxygen atoms in total. The third-order valence-electron chi connectivity index (χ3n) is 4.19. The molecule has 0 fully saturated rings. The number of benzene rings is 2. The lowest BCUT2D eigenvalue weighted by Crippen LogP contribution is -2.20. The summed E-state index contributed by atoms with van der Waals surface area (Å²) in [5.74, 6) is -0.463. The number of rotatable bonds is 3. The second kappa shape index (κ2) is 6.27. The average molecular weight is 369 g/mol. The Bertz CT molecular complexity index is 1060. The normalized spacial score (nSPS) is 15.7. The van der Waals surface area contributed by atoms with Crippen molar-refractivity contribution >= 4 is 17.3 Å². The minimum atomic E-state index is -0.688. The highest BCUT2D eigenvalue weighted by atomic mass is 19.1. The molecule has 0 saturated heterocycles. The first-order valence-electron chi connectivity index (χ1n) is 8.03. The van der Waals surface area contributed by atoms with E-state index in [2.05, 4.69) is 15.4 Å². The first kappa shape index (κ1) is 16.8. The van der Waals surface area contributed by atoms with Gasteiger partial charge in [0.25, 0.3) is 5.69 Å². The third kappa shape index (κ3) is 3.14. The highest BCUT2D eigenvalue weighted by Crippen LogP contribution is 2.33. The summed E-state index contributed by atoms with van der Waals surface area (Å²) in [6, 6.07) is 8.67. The van der Waals surface area contributed by atoms with Crippen LogP contribution in [0, 0.1) is 28.7 Å². The van der Waals surface area contributed by atoms with Crippen molar-refractivity contribution in [1.82, 2.24) is 14.8 Å². The number of nitro benzene ring substituents is 1. The molecule has 2 heterocycles. The van der Waals surface area contributed by atoms with Crippen molar-refractivity contribution in [2.75, 3.05) is 5.32 Å². The van der Waals surface area contributed by atoms with E-state index in [0.717, 1.165) is 6.07 Å². The SMILES string of the molecule is Cc1nc2n(n1)[C@H](c1cc(F)cc(F)c1)C=C(c1ccc([N+](=O)[O-])cc1)N2. The Morgan fingerprint density at radius 3 is 2.44 bits per heavy atom. The fraction of sp³-hybridized carbons (Fsp3) is 0.111. The highest BCUT2D eigenvalue weighted by Gasteiger charge is 2.25. The first-order chi connectivity index (χ1) is 12.9. The second-order valence-electron chi connectivity index (χ2n) is 6.08. The van der Waals surface area contributed by atoms with Gasteiger partial charge < -0.3 is 5.32 Å². The van der Waals surface area contributed by atoms with E-state index < -0.39 is 22.6 Å². The molecule has 1 aliphatic heterocycles. The average Bonchev–Trinajstić information content (AvgIpc) is 3.00. The molecule has 2 aromatic carbocycles. The number of halogens is 2. The maximum absolute atomic E-state index is 13.7. The van der Waals surface area contributed by atoms with Crippen LogP contribution < -0.4 is 5.32 Å². The van der Waals surface area contributed by atoms with Gasteiger partial charge in [-0.15, -0.1) is 0 Å². The summed E-state index contributed by atoms with van der Waals surface area (Å²) in [7, 11) is 0. The zero-order valence-electron chi connectivity index (χ0n) is 14.1. The first-order valence-corrected chi connectivity index (χ1v) is 8.03. The lowest BCUT2D eigenvalue weighted by Gasteiger charge is -2.24. The molecule has 0 radical (unpaired) electrons. The molecule has 9 heteroatoms. The molecule has 1 aliphatic rings. The molecule has 27 heavy (non-hydrogen) atoms. The van der Waals surface area contributed by atoms with E-state index in [4.69, 9.17) is 0 Å². The van der Waals surface area contributed by atoms with Gasteiger partial charge in [-0.25, -0.2) is 13.5 Å².